The number of nitrogens with one attached hydrogen (secondary N) is 1. The maximum atomic E-state index is 4.51. The molecule has 0 fully saturated rings. The maximum absolute atomic E-state index is 4.51. The summed E-state index contributed by atoms with van der Waals surface area (Å²) in [5.41, 5.74) is 4.72. The van der Waals surface area contributed by atoms with E-state index in [-0.39, 0.29) is 0 Å². The lowest BCUT2D eigenvalue weighted by Crippen LogP contribution is -2.03. The SMILES string of the molecule is c1ccc(-c2csc3ncnc(NCc4ccc(Cn5cncn5)cc4)c23)cc1. The Balaban J connectivity index is 1.36. The molecule has 0 aliphatic carbocycles. The van der Waals surface area contributed by atoms with Crippen LogP contribution in [0.25, 0.3) is 21.3 Å². The van der Waals surface area contributed by atoms with E-state index < -0.39 is 0 Å². The first-order chi connectivity index (χ1) is 14.4. The largest absolute Gasteiger partial charge is 0.365 e. The van der Waals surface area contributed by atoms with Crippen LogP contribution < -0.4 is 5.32 Å². The molecule has 0 amide bonds. The van der Waals surface area contributed by atoms with Crippen molar-refractivity contribution in [2.45, 2.75) is 13.1 Å². The van der Waals surface area contributed by atoms with Crippen molar-refractivity contribution in [3.63, 3.8) is 0 Å². The van der Waals surface area contributed by atoms with Crippen molar-refractivity contribution in [2.24, 2.45) is 0 Å². The van der Waals surface area contributed by atoms with Crippen LogP contribution in [-0.2, 0) is 13.1 Å². The van der Waals surface area contributed by atoms with Crippen LogP contribution in [0.1, 0.15) is 11.1 Å². The van der Waals surface area contributed by atoms with Crippen LogP contribution in [0.2, 0.25) is 0 Å². The normalized spacial score (nSPS) is 11.0. The lowest BCUT2D eigenvalue weighted by atomic mass is 10.1. The Kier molecular flexibility index (Phi) is 4.72. The quantitative estimate of drug-likeness (QED) is 0.452. The molecule has 0 unspecified atom stereocenters. The Hall–Kier alpha value is -3.58. The number of aromatic nitrogens is 5. The third-order valence-electron chi connectivity index (χ3n) is 4.75. The van der Waals surface area contributed by atoms with Crippen LogP contribution in [-0.4, -0.2) is 24.7 Å². The number of anilines is 1. The van der Waals surface area contributed by atoms with E-state index in [1.54, 1.807) is 30.3 Å². The summed E-state index contributed by atoms with van der Waals surface area (Å²) >= 11 is 1.64. The Labute approximate surface area is 171 Å². The first-order valence-electron chi connectivity index (χ1n) is 9.28. The van der Waals surface area contributed by atoms with E-state index in [1.807, 2.05) is 10.7 Å². The average Bonchev–Trinajstić information content (AvgIpc) is 3.44. The third kappa shape index (κ3) is 3.72. The van der Waals surface area contributed by atoms with Crippen LogP contribution in [0.3, 0.4) is 0 Å². The lowest BCUT2D eigenvalue weighted by Gasteiger charge is -2.09. The van der Waals surface area contributed by atoms with Gasteiger partial charge in [0.25, 0.3) is 0 Å². The molecule has 1 N–H and O–H groups in total. The fourth-order valence-corrected chi connectivity index (χ4v) is 4.20. The van der Waals surface area contributed by atoms with Gasteiger partial charge in [-0.15, -0.1) is 11.3 Å². The zero-order chi connectivity index (χ0) is 19.5. The van der Waals surface area contributed by atoms with Gasteiger partial charge in [-0.1, -0.05) is 54.6 Å². The minimum Gasteiger partial charge on any atom is -0.365 e. The van der Waals surface area contributed by atoms with E-state index in [9.17, 15) is 0 Å². The molecule has 29 heavy (non-hydrogen) atoms. The van der Waals surface area contributed by atoms with Gasteiger partial charge in [0.15, 0.2) is 0 Å². The molecule has 5 rings (SSSR count). The highest BCUT2D eigenvalue weighted by molar-refractivity contribution is 7.17. The minimum atomic E-state index is 0.694. The molecule has 6 nitrogen and oxygen atoms in total. The second kappa shape index (κ2) is 7.81. The summed E-state index contributed by atoms with van der Waals surface area (Å²) in [7, 11) is 0. The minimum absolute atomic E-state index is 0.694. The molecule has 0 spiro atoms. The molecule has 7 heteroatoms. The van der Waals surface area contributed by atoms with E-state index >= 15 is 0 Å². The van der Waals surface area contributed by atoms with Crippen LogP contribution in [0.4, 0.5) is 5.82 Å². The first-order valence-corrected chi connectivity index (χ1v) is 10.2. The summed E-state index contributed by atoms with van der Waals surface area (Å²) in [4.78, 5) is 13.9. The Bertz CT molecular complexity index is 1210. The molecule has 0 atom stereocenters. The van der Waals surface area contributed by atoms with Gasteiger partial charge in [-0.05, 0) is 16.7 Å². The summed E-state index contributed by atoms with van der Waals surface area (Å²) in [6.07, 6.45) is 4.90. The number of nitrogens with zero attached hydrogens (tertiary/aromatic N) is 5. The molecule has 5 aromatic rings. The smallest absolute Gasteiger partial charge is 0.139 e. The summed E-state index contributed by atoms with van der Waals surface area (Å²) in [6.45, 7) is 1.41. The number of benzene rings is 2. The van der Waals surface area contributed by atoms with Crippen LogP contribution >= 0.6 is 11.3 Å². The summed E-state index contributed by atoms with van der Waals surface area (Å²) in [5.74, 6) is 0.863. The molecule has 2 aromatic carbocycles. The van der Waals surface area contributed by atoms with Crippen molar-refractivity contribution in [1.29, 1.82) is 0 Å². The van der Waals surface area contributed by atoms with Crippen molar-refractivity contribution in [2.75, 3.05) is 5.32 Å². The Morgan fingerprint density at radius 1 is 0.897 bits per heavy atom. The van der Waals surface area contributed by atoms with Crippen molar-refractivity contribution in [3.05, 3.63) is 90.1 Å². The molecule has 0 bridgehead atoms. The van der Waals surface area contributed by atoms with E-state index in [4.69, 9.17) is 0 Å². The summed E-state index contributed by atoms with van der Waals surface area (Å²) < 4.78 is 1.81. The van der Waals surface area contributed by atoms with Gasteiger partial charge in [0.05, 0.1) is 11.9 Å². The van der Waals surface area contributed by atoms with Gasteiger partial charge in [-0.25, -0.2) is 19.6 Å². The van der Waals surface area contributed by atoms with Crippen LogP contribution in [0, 0.1) is 0 Å². The van der Waals surface area contributed by atoms with E-state index in [0.29, 0.717) is 6.54 Å². The highest BCUT2D eigenvalue weighted by Crippen LogP contribution is 2.36. The summed E-state index contributed by atoms with van der Waals surface area (Å²) in [5, 5.41) is 10.9. The van der Waals surface area contributed by atoms with Crippen molar-refractivity contribution >= 4 is 27.4 Å². The molecule has 0 radical (unpaired) electrons. The number of thiophene rings is 1. The molecule has 0 aliphatic heterocycles. The standard InChI is InChI=1S/C22H18N6S/c1-2-4-18(5-3-1)19-12-29-22-20(19)21(25-14-26-22)24-10-16-6-8-17(9-7-16)11-28-15-23-13-27-28/h1-9,12-15H,10-11H2,(H,24,25,26). The van der Waals surface area contributed by atoms with Crippen LogP contribution in [0.15, 0.2) is 79.0 Å². The van der Waals surface area contributed by atoms with Gasteiger partial charge in [-0.3, -0.25) is 0 Å². The van der Waals surface area contributed by atoms with Gasteiger partial charge >= 0.3 is 0 Å². The molecule has 142 valence electrons. The summed E-state index contributed by atoms with van der Waals surface area (Å²) in [6, 6.07) is 18.9. The monoisotopic (exact) mass is 398 g/mol. The molecule has 0 saturated carbocycles. The predicted octanol–water partition coefficient (Wildman–Crippen LogP) is 4.61. The number of rotatable bonds is 6. The Morgan fingerprint density at radius 3 is 2.52 bits per heavy atom. The molecule has 3 heterocycles. The van der Waals surface area contributed by atoms with Gasteiger partial charge in [0, 0.05) is 17.5 Å². The van der Waals surface area contributed by atoms with Gasteiger partial charge in [-0.2, -0.15) is 5.10 Å². The molecule has 0 saturated heterocycles. The third-order valence-corrected chi connectivity index (χ3v) is 5.64. The maximum Gasteiger partial charge on any atom is 0.139 e. The van der Waals surface area contributed by atoms with Crippen molar-refractivity contribution in [3.8, 4) is 11.1 Å². The molecular formula is C22H18N6S. The first kappa shape index (κ1) is 17.5. The lowest BCUT2D eigenvalue weighted by molar-refractivity contribution is 0.684. The van der Waals surface area contributed by atoms with Gasteiger partial charge < -0.3 is 5.32 Å². The van der Waals surface area contributed by atoms with Crippen LogP contribution in [0.5, 0.6) is 0 Å². The fourth-order valence-electron chi connectivity index (χ4n) is 3.29. The average molecular weight is 398 g/mol. The Morgan fingerprint density at radius 2 is 1.72 bits per heavy atom. The second-order valence-corrected chi connectivity index (χ2v) is 7.54. The van der Waals surface area contributed by atoms with E-state index in [0.717, 1.165) is 28.1 Å². The van der Waals surface area contributed by atoms with Crippen molar-refractivity contribution in [1.82, 2.24) is 24.7 Å². The molecule has 3 aromatic heterocycles. The highest BCUT2D eigenvalue weighted by Gasteiger charge is 2.12. The number of hydrogen-bond donors (Lipinski definition) is 1. The second-order valence-electron chi connectivity index (χ2n) is 6.68. The zero-order valence-electron chi connectivity index (χ0n) is 15.6. The van der Waals surface area contributed by atoms with E-state index in [2.05, 4.69) is 79.3 Å². The van der Waals surface area contributed by atoms with Crippen molar-refractivity contribution < 1.29 is 0 Å². The number of fused-ring (bicyclic) bond motifs is 1. The van der Waals surface area contributed by atoms with E-state index in [1.165, 1.54) is 16.7 Å². The fraction of sp³-hybridized carbons (Fsp3) is 0.0909. The zero-order valence-corrected chi connectivity index (χ0v) is 16.4. The van der Waals surface area contributed by atoms with Gasteiger partial charge in [0.2, 0.25) is 0 Å². The molecule has 0 aliphatic rings. The van der Waals surface area contributed by atoms with Gasteiger partial charge in [0.1, 0.15) is 29.6 Å². The predicted molar refractivity (Wildman–Crippen MR) is 116 cm³/mol. The number of hydrogen-bond acceptors (Lipinski definition) is 6. The highest BCUT2D eigenvalue weighted by atomic mass is 32.1. The topological polar surface area (TPSA) is 68.5 Å². The molecular weight excluding hydrogens is 380 g/mol.